The van der Waals surface area contributed by atoms with Gasteiger partial charge in [0, 0.05) is 0 Å². The topological polar surface area (TPSA) is 9.23 Å². The molecule has 0 aromatic heterocycles. The molecule has 0 heterocycles. The van der Waals surface area contributed by atoms with Gasteiger partial charge in [0.15, 0.2) is 6.17 Å². The Balaban J connectivity index is 4.43. The smallest absolute Gasteiger partial charge is 0.242 e. The van der Waals surface area contributed by atoms with E-state index in [1.54, 1.807) is 0 Å². The highest BCUT2D eigenvalue weighted by Crippen LogP contribution is 2.39. The maximum atomic E-state index is 12.3. The summed E-state index contributed by atoms with van der Waals surface area (Å²) in [4.78, 5) is 0. The third-order valence-electron chi connectivity index (χ3n) is 1.22. The van der Waals surface area contributed by atoms with Gasteiger partial charge in [-0.05, 0) is 6.42 Å². The lowest BCUT2D eigenvalue weighted by atomic mass is 10.1. The lowest BCUT2D eigenvalue weighted by Crippen LogP contribution is -2.38. The molecule has 14 heavy (non-hydrogen) atoms. The molecule has 0 aromatic carbocycles. The van der Waals surface area contributed by atoms with Crippen molar-refractivity contribution in [3.8, 4) is 0 Å². The zero-order valence-electron chi connectivity index (χ0n) is 6.84. The number of rotatable bonds is 4. The van der Waals surface area contributed by atoms with E-state index >= 15 is 0 Å². The minimum absolute atomic E-state index is 0.832. The van der Waals surface area contributed by atoms with Gasteiger partial charge < -0.3 is 0 Å². The van der Waals surface area contributed by atoms with Crippen molar-refractivity contribution in [3.05, 3.63) is 6.36 Å². The van der Waals surface area contributed by atoms with Crippen LogP contribution in [-0.4, -0.2) is 18.5 Å². The third kappa shape index (κ3) is 3.69. The second kappa shape index (κ2) is 4.33. The maximum Gasteiger partial charge on any atom is 0.525 e. The highest BCUT2D eigenvalue weighted by atomic mass is 19.4. The van der Waals surface area contributed by atoms with Crippen LogP contribution in [0.5, 0.6) is 0 Å². The molecule has 0 rings (SSSR count). The van der Waals surface area contributed by atoms with E-state index in [2.05, 4.69) is 4.74 Å². The SMILES string of the molecule is CCC(F)C(F)(F)[C](F)OC(F)(F)F. The quantitative estimate of drug-likeness (QED) is 0.669. The van der Waals surface area contributed by atoms with Gasteiger partial charge in [0.2, 0.25) is 0 Å². The summed E-state index contributed by atoms with van der Waals surface area (Å²) in [6.45, 7) is 0.930. The Morgan fingerprint density at radius 2 is 1.64 bits per heavy atom. The second-order valence-corrected chi connectivity index (χ2v) is 2.32. The summed E-state index contributed by atoms with van der Waals surface area (Å²) < 4.78 is 85.1. The number of alkyl halides is 6. The predicted molar refractivity (Wildman–Crippen MR) is 31.6 cm³/mol. The van der Waals surface area contributed by atoms with Crippen LogP contribution in [0.1, 0.15) is 13.3 Å². The van der Waals surface area contributed by atoms with Gasteiger partial charge in [-0.25, -0.2) is 9.13 Å². The van der Waals surface area contributed by atoms with Gasteiger partial charge in [-0.1, -0.05) is 6.92 Å². The number of hydrogen-bond donors (Lipinski definition) is 0. The molecule has 0 spiro atoms. The van der Waals surface area contributed by atoms with E-state index in [1.807, 2.05) is 0 Å². The Hall–Kier alpha value is -0.530. The normalized spacial score (nSPS) is 16.1. The average molecular weight is 227 g/mol. The highest BCUT2D eigenvalue weighted by Gasteiger charge is 2.54. The van der Waals surface area contributed by atoms with Crippen LogP contribution in [0.4, 0.5) is 30.7 Å². The molecule has 0 aliphatic rings. The number of ether oxygens (including phenoxy) is 1. The summed E-state index contributed by atoms with van der Waals surface area (Å²) in [6.07, 6.45) is -12.7. The first kappa shape index (κ1) is 13.5. The predicted octanol–water partition coefficient (Wildman–Crippen LogP) is 3.37. The monoisotopic (exact) mass is 227 g/mol. The van der Waals surface area contributed by atoms with Crippen LogP contribution < -0.4 is 0 Å². The molecule has 0 aliphatic heterocycles. The molecule has 0 aromatic rings. The van der Waals surface area contributed by atoms with Gasteiger partial charge >= 0.3 is 18.6 Å². The molecule has 1 radical (unpaired) electrons. The van der Waals surface area contributed by atoms with Crippen LogP contribution in [0.2, 0.25) is 0 Å². The van der Waals surface area contributed by atoms with Crippen molar-refractivity contribution < 1.29 is 35.5 Å². The van der Waals surface area contributed by atoms with E-state index in [4.69, 9.17) is 0 Å². The van der Waals surface area contributed by atoms with Crippen LogP contribution in [-0.2, 0) is 4.74 Å². The fraction of sp³-hybridized carbons (Fsp3) is 0.833. The van der Waals surface area contributed by atoms with Gasteiger partial charge in [-0.2, -0.15) is 13.2 Å². The molecule has 0 saturated heterocycles. The van der Waals surface area contributed by atoms with Gasteiger partial charge in [-0.3, -0.25) is 0 Å². The lowest BCUT2D eigenvalue weighted by molar-refractivity contribution is -0.354. The summed E-state index contributed by atoms with van der Waals surface area (Å²) in [5, 5.41) is 0. The Morgan fingerprint density at radius 3 is 1.93 bits per heavy atom. The Kier molecular flexibility index (Phi) is 4.16. The largest absolute Gasteiger partial charge is 0.525 e. The molecule has 1 atom stereocenters. The van der Waals surface area contributed by atoms with Crippen LogP contribution >= 0.6 is 0 Å². The van der Waals surface area contributed by atoms with Crippen LogP contribution in [0.3, 0.4) is 0 Å². The summed E-state index contributed by atoms with van der Waals surface area (Å²) >= 11 is 0. The van der Waals surface area contributed by atoms with E-state index in [-0.39, 0.29) is 0 Å². The van der Waals surface area contributed by atoms with Gasteiger partial charge in [0.05, 0.1) is 0 Å². The zero-order chi connectivity index (χ0) is 11.6. The summed E-state index contributed by atoms with van der Waals surface area (Å²) in [5.74, 6) is -4.88. The van der Waals surface area contributed by atoms with Crippen LogP contribution in [0.25, 0.3) is 0 Å². The zero-order valence-corrected chi connectivity index (χ0v) is 6.84. The molecule has 0 aliphatic carbocycles. The number of halogens is 7. The van der Waals surface area contributed by atoms with Crippen molar-refractivity contribution in [2.75, 3.05) is 0 Å². The Labute approximate surface area is 74.8 Å². The average Bonchev–Trinajstić information content (AvgIpc) is 1.99. The first-order valence-electron chi connectivity index (χ1n) is 3.41. The van der Waals surface area contributed by atoms with E-state index in [0.29, 0.717) is 0 Å². The van der Waals surface area contributed by atoms with Crippen molar-refractivity contribution in [1.82, 2.24) is 0 Å². The van der Waals surface area contributed by atoms with E-state index in [1.165, 1.54) is 0 Å². The van der Waals surface area contributed by atoms with Crippen molar-refractivity contribution >= 4 is 0 Å². The van der Waals surface area contributed by atoms with E-state index in [0.717, 1.165) is 6.92 Å². The maximum absolute atomic E-state index is 12.3. The first-order valence-corrected chi connectivity index (χ1v) is 3.41. The van der Waals surface area contributed by atoms with Crippen LogP contribution in [0, 0.1) is 6.36 Å². The fourth-order valence-corrected chi connectivity index (χ4v) is 0.549. The first-order chi connectivity index (χ1) is 6.11. The minimum atomic E-state index is -5.60. The van der Waals surface area contributed by atoms with Gasteiger partial charge in [-0.15, -0.1) is 13.2 Å². The van der Waals surface area contributed by atoms with Crippen molar-refractivity contribution in [3.63, 3.8) is 0 Å². The molecule has 1 nitrogen and oxygen atoms in total. The van der Waals surface area contributed by atoms with E-state index in [9.17, 15) is 30.7 Å². The third-order valence-corrected chi connectivity index (χ3v) is 1.22. The molecular weight excluding hydrogens is 221 g/mol. The lowest BCUT2D eigenvalue weighted by Gasteiger charge is -2.22. The minimum Gasteiger partial charge on any atom is -0.242 e. The molecule has 0 saturated carbocycles. The Morgan fingerprint density at radius 1 is 1.21 bits per heavy atom. The standard InChI is InChI=1S/C6H6F7O/c1-2-3(7)5(9,10)4(8)14-6(11,12)13/h3H,2H2,1H3. The van der Waals surface area contributed by atoms with Crippen LogP contribution in [0.15, 0.2) is 0 Å². The Bertz CT molecular complexity index is 178. The molecule has 85 valence electrons. The number of hydrogen-bond acceptors (Lipinski definition) is 1. The summed E-state index contributed by atoms with van der Waals surface area (Å²) in [5.41, 5.74) is 0. The molecule has 8 heteroatoms. The summed E-state index contributed by atoms with van der Waals surface area (Å²) in [6, 6.07) is 0. The second-order valence-electron chi connectivity index (χ2n) is 2.32. The summed E-state index contributed by atoms with van der Waals surface area (Å²) in [7, 11) is 0. The highest BCUT2D eigenvalue weighted by molar-refractivity contribution is 4.91. The molecule has 1 unspecified atom stereocenters. The molecule has 0 fully saturated rings. The van der Waals surface area contributed by atoms with Crippen molar-refractivity contribution in [2.24, 2.45) is 0 Å². The molecule has 0 N–H and O–H groups in total. The molecular formula is C6H6F7O. The fourth-order valence-electron chi connectivity index (χ4n) is 0.549. The van der Waals surface area contributed by atoms with Crippen molar-refractivity contribution in [2.45, 2.75) is 31.8 Å². The molecule has 0 amide bonds. The van der Waals surface area contributed by atoms with Gasteiger partial charge in [0.25, 0.3) is 0 Å². The van der Waals surface area contributed by atoms with Gasteiger partial charge in [0.1, 0.15) is 0 Å². The van der Waals surface area contributed by atoms with Crippen molar-refractivity contribution in [1.29, 1.82) is 0 Å². The molecule has 0 bridgehead atoms. The van der Waals surface area contributed by atoms with E-state index < -0.39 is 31.2 Å².